The Kier molecular flexibility index (Phi) is 6.72. The number of nitrogens with one attached hydrogen (secondary N) is 2. The lowest BCUT2D eigenvalue weighted by Gasteiger charge is -2.23. The molecule has 1 atom stereocenters. The Labute approximate surface area is 109 Å². The van der Waals surface area contributed by atoms with Crippen molar-refractivity contribution in [2.45, 2.75) is 45.1 Å². The van der Waals surface area contributed by atoms with Crippen molar-refractivity contribution < 1.29 is 9.59 Å². The Hall–Kier alpha value is -1.10. The van der Waals surface area contributed by atoms with Gasteiger partial charge in [-0.15, -0.1) is 0 Å². The lowest BCUT2D eigenvalue weighted by Crippen LogP contribution is -2.40. The average molecular weight is 262 g/mol. The Bertz CT molecular complexity index is 281. The van der Waals surface area contributed by atoms with Gasteiger partial charge in [0.15, 0.2) is 0 Å². The van der Waals surface area contributed by atoms with Gasteiger partial charge in [0.05, 0.1) is 6.54 Å². The number of hydrogen-bond acceptors (Lipinski definition) is 3. The third kappa shape index (κ3) is 5.04. The molecule has 5 nitrogen and oxygen atoms in total. The van der Waals surface area contributed by atoms with Crippen molar-refractivity contribution in [1.29, 1.82) is 0 Å². The molecule has 1 saturated heterocycles. The van der Waals surface area contributed by atoms with Crippen LogP contribution in [0.25, 0.3) is 0 Å². The van der Waals surface area contributed by atoms with Crippen molar-refractivity contribution >= 4 is 11.8 Å². The number of rotatable bonds is 7. The fraction of sp³-hybridized carbons (Fsp3) is 0.846. The highest BCUT2D eigenvalue weighted by Crippen LogP contribution is 2.20. The molecule has 1 unspecified atom stereocenters. The number of carbonyl (C=O) groups excluding carboxylic acids is 2. The maximum absolute atomic E-state index is 11.7. The summed E-state index contributed by atoms with van der Waals surface area (Å²) >= 11 is 0. The Morgan fingerprint density at radius 1 is 1.33 bits per heavy atom. The van der Waals surface area contributed by atoms with Crippen LogP contribution in [0.5, 0.6) is 0 Å². The number of carbonyl (C=O) groups is 2. The highest BCUT2D eigenvalue weighted by molar-refractivity contribution is 5.80. The van der Waals surface area contributed by atoms with Crippen LogP contribution in [0.3, 0.4) is 0 Å². The third-order valence-electron chi connectivity index (χ3n) is 3.42. The lowest BCUT2D eigenvalue weighted by atomic mass is 10.1. The van der Waals surface area contributed by atoms with Gasteiger partial charge in [-0.05, 0) is 25.8 Å². The smallest absolute Gasteiger partial charge is 0.234 e. The van der Waals surface area contributed by atoms with Crippen LogP contribution in [-0.4, -0.2) is 49.4 Å². The molecule has 0 aromatic heterocycles. The molecule has 0 aliphatic carbocycles. The summed E-state index contributed by atoms with van der Waals surface area (Å²) in [5, 5.41) is 5.33. The van der Waals surface area contributed by atoms with Gasteiger partial charge in [0, 0.05) is 26.1 Å². The number of amides is 2. The molecule has 0 spiro atoms. The molecule has 0 saturated carbocycles. The van der Waals surface area contributed by atoms with Gasteiger partial charge < -0.3 is 10.6 Å². The summed E-state index contributed by atoms with van der Waals surface area (Å²) in [5.74, 6) is -0.0118. The molecule has 1 aliphatic heterocycles. The Balaban J connectivity index is 2.20. The van der Waals surface area contributed by atoms with Crippen LogP contribution >= 0.6 is 0 Å². The van der Waals surface area contributed by atoms with Gasteiger partial charge in [-0.2, -0.15) is 0 Å². The van der Waals surface area contributed by atoms with E-state index < -0.39 is 0 Å². The molecular formula is C13H25N3O2. The first-order valence-corrected chi connectivity index (χ1v) is 6.88. The molecule has 1 fully saturated rings. The van der Waals surface area contributed by atoms with E-state index in [0.717, 1.165) is 6.54 Å². The van der Waals surface area contributed by atoms with Crippen LogP contribution in [0.15, 0.2) is 0 Å². The molecule has 2 N–H and O–H groups in total. The van der Waals surface area contributed by atoms with Crippen LogP contribution in [0.4, 0.5) is 0 Å². The maximum Gasteiger partial charge on any atom is 0.234 e. The van der Waals surface area contributed by atoms with Gasteiger partial charge in [-0.1, -0.05) is 13.3 Å². The van der Waals surface area contributed by atoms with Crippen molar-refractivity contribution in [1.82, 2.24) is 15.5 Å². The van der Waals surface area contributed by atoms with Crippen molar-refractivity contribution in [3.63, 3.8) is 0 Å². The first kappa shape index (κ1) is 15.0. The summed E-state index contributed by atoms with van der Waals surface area (Å²) in [7, 11) is 1.60. The van der Waals surface area contributed by atoms with E-state index in [9.17, 15) is 9.59 Å². The van der Waals surface area contributed by atoms with E-state index in [1.165, 1.54) is 25.7 Å². The van der Waals surface area contributed by atoms with Crippen LogP contribution in [0.2, 0.25) is 0 Å². The highest BCUT2D eigenvalue weighted by Gasteiger charge is 2.25. The molecule has 1 aliphatic rings. The molecule has 5 heteroatoms. The van der Waals surface area contributed by atoms with E-state index in [1.54, 1.807) is 7.05 Å². The zero-order valence-corrected chi connectivity index (χ0v) is 11.5. The van der Waals surface area contributed by atoms with Gasteiger partial charge in [0.2, 0.25) is 11.8 Å². The first-order chi connectivity index (χ1) is 8.67. The predicted octanol–water partition coefficient (Wildman–Crippen LogP) is 0.503. The fourth-order valence-electron chi connectivity index (χ4n) is 2.44. The van der Waals surface area contributed by atoms with Crippen LogP contribution in [0.1, 0.15) is 39.0 Å². The van der Waals surface area contributed by atoms with E-state index in [2.05, 4.69) is 22.5 Å². The second-order valence-electron chi connectivity index (χ2n) is 4.83. The van der Waals surface area contributed by atoms with Crippen molar-refractivity contribution in [2.24, 2.45) is 0 Å². The number of nitrogens with zero attached hydrogens (tertiary/aromatic N) is 1. The summed E-state index contributed by atoms with van der Waals surface area (Å²) in [6.45, 7) is 4.09. The molecule has 0 aromatic rings. The zero-order chi connectivity index (χ0) is 13.4. The zero-order valence-electron chi connectivity index (χ0n) is 11.5. The molecule has 0 aromatic carbocycles. The van der Waals surface area contributed by atoms with E-state index in [-0.39, 0.29) is 11.8 Å². The minimum absolute atomic E-state index is 0.0295. The molecule has 104 valence electrons. The SMILES string of the molecule is CCCC1CCC[15N]1[13CH2][13C](=O)[15NH]CC[13C](=O)[15NH][13CH3]. The summed E-state index contributed by atoms with van der Waals surface area (Å²) in [4.78, 5) is 25.0. The number of likely N-dealkylation sites (tertiary alicyclic amines) is 1. The fourth-order valence-corrected chi connectivity index (χ4v) is 2.44. The second-order valence-corrected chi connectivity index (χ2v) is 4.83. The van der Waals surface area contributed by atoms with Crippen molar-refractivity contribution in [3.8, 4) is 0 Å². The normalized spacial score (nSPS) is 19.8. The number of hydrogen-bond donors (Lipinski definition) is 2. The molecule has 18 heavy (non-hydrogen) atoms. The minimum Gasteiger partial charge on any atom is -0.359 e. The summed E-state index contributed by atoms with van der Waals surface area (Å²) in [6.07, 6.45) is 5.08. The predicted molar refractivity (Wildman–Crippen MR) is 71.2 cm³/mol. The van der Waals surface area contributed by atoms with Crippen LogP contribution in [0, 0.1) is 0 Å². The van der Waals surface area contributed by atoms with Crippen molar-refractivity contribution in [3.05, 3.63) is 0 Å². The molecular weight excluding hydrogens is 237 g/mol. The summed E-state index contributed by atoms with van der Waals surface area (Å²) in [5.41, 5.74) is 0. The maximum atomic E-state index is 11.7. The van der Waals surface area contributed by atoms with Gasteiger partial charge in [-0.25, -0.2) is 0 Å². The largest absolute Gasteiger partial charge is 0.359 e. The van der Waals surface area contributed by atoms with Gasteiger partial charge in [0.1, 0.15) is 0 Å². The molecule has 1 heterocycles. The minimum atomic E-state index is -0.0414. The molecule has 0 bridgehead atoms. The highest BCUT2D eigenvalue weighted by atomic mass is 16.3. The Morgan fingerprint density at radius 3 is 2.78 bits per heavy atom. The Morgan fingerprint density at radius 2 is 2.11 bits per heavy atom. The van der Waals surface area contributed by atoms with Gasteiger partial charge in [-0.3, -0.25) is 14.5 Å². The van der Waals surface area contributed by atoms with E-state index >= 15 is 0 Å². The third-order valence-corrected chi connectivity index (χ3v) is 3.42. The lowest BCUT2D eigenvalue weighted by molar-refractivity contribution is -0.123. The van der Waals surface area contributed by atoms with Crippen molar-refractivity contribution in [2.75, 3.05) is 26.7 Å². The quantitative estimate of drug-likeness (QED) is 0.519. The van der Waals surface area contributed by atoms with Gasteiger partial charge >= 0.3 is 0 Å². The average Bonchev–Trinajstić information content (AvgIpc) is 2.77. The van der Waals surface area contributed by atoms with E-state index in [4.69, 9.17) is 0 Å². The summed E-state index contributed by atoms with van der Waals surface area (Å²) < 4.78 is 0. The molecule has 1 rings (SSSR count). The first-order valence-electron chi connectivity index (χ1n) is 6.88. The molecule has 2 amide bonds. The topological polar surface area (TPSA) is 61.4 Å². The summed E-state index contributed by atoms with van der Waals surface area (Å²) in [6, 6.07) is 0.569. The van der Waals surface area contributed by atoms with Gasteiger partial charge in [0.25, 0.3) is 0 Å². The van der Waals surface area contributed by atoms with Crippen LogP contribution in [-0.2, 0) is 9.59 Å². The standard InChI is InChI=1S/C13H25N3O2/c1-3-5-11-6-4-9-16(11)10-13(18)15-8-7-12(17)14-2/h11H,3-10H2,1-2H3,(H,14,17)(H,15,18)/i2+1,10+1,12+1,13+1,14+1,15+1,16+1. The monoisotopic (exact) mass is 262 g/mol. The van der Waals surface area contributed by atoms with E-state index in [0.29, 0.717) is 25.6 Å². The van der Waals surface area contributed by atoms with E-state index in [1.807, 2.05) is 0 Å². The van der Waals surface area contributed by atoms with Crippen LogP contribution < -0.4 is 10.6 Å². The molecule has 0 radical (unpaired) electrons. The second kappa shape index (κ2) is 8.08.